The van der Waals surface area contributed by atoms with Gasteiger partial charge in [0.2, 0.25) is 0 Å². The fourth-order valence-electron chi connectivity index (χ4n) is 0.954. The predicted octanol–water partition coefficient (Wildman–Crippen LogP) is 4.16. The van der Waals surface area contributed by atoms with E-state index in [1.165, 1.54) is 16.2 Å². The molecule has 1 atom stereocenters. The molecule has 0 saturated heterocycles. The number of halogens is 1. The number of thiophene rings is 1. The summed E-state index contributed by atoms with van der Waals surface area (Å²) in [6, 6.07) is 4.45. The van der Waals surface area contributed by atoms with E-state index in [9.17, 15) is 0 Å². The highest BCUT2D eigenvalue weighted by Gasteiger charge is 2.06. The Balaban J connectivity index is 2.71. The summed E-state index contributed by atoms with van der Waals surface area (Å²) in [6.45, 7) is 4.40. The normalized spacial score (nSPS) is 13.4. The quantitative estimate of drug-likeness (QED) is 0.688. The van der Waals surface area contributed by atoms with Gasteiger partial charge >= 0.3 is 0 Å². The average Bonchev–Trinajstić information content (AvgIpc) is 2.50. The molecule has 0 aliphatic heterocycles. The predicted molar refractivity (Wildman–Crippen MR) is 55.7 cm³/mol. The van der Waals surface area contributed by atoms with E-state index >= 15 is 0 Å². The SMILES string of the molecule is CCc1ccc(C(Br)CC)s1. The zero-order valence-corrected chi connectivity index (χ0v) is 9.33. The van der Waals surface area contributed by atoms with Crippen molar-refractivity contribution in [2.45, 2.75) is 31.5 Å². The number of hydrogen-bond donors (Lipinski definition) is 0. The van der Waals surface area contributed by atoms with Crippen LogP contribution in [0.25, 0.3) is 0 Å². The fraction of sp³-hybridized carbons (Fsp3) is 0.556. The van der Waals surface area contributed by atoms with Crippen LogP contribution in [-0.4, -0.2) is 0 Å². The highest BCUT2D eigenvalue weighted by Crippen LogP contribution is 2.31. The monoisotopic (exact) mass is 232 g/mol. The van der Waals surface area contributed by atoms with Gasteiger partial charge in [0, 0.05) is 14.6 Å². The van der Waals surface area contributed by atoms with Crippen molar-refractivity contribution in [3.05, 3.63) is 21.9 Å². The lowest BCUT2D eigenvalue weighted by atomic mass is 10.3. The standard InChI is InChI=1S/C9H13BrS/c1-3-7-5-6-9(11-7)8(10)4-2/h5-6,8H,3-4H2,1-2H3. The Morgan fingerprint density at radius 2 is 2.18 bits per heavy atom. The van der Waals surface area contributed by atoms with Gasteiger partial charge in [-0.1, -0.05) is 29.8 Å². The molecule has 2 heteroatoms. The van der Waals surface area contributed by atoms with Gasteiger partial charge in [-0.25, -0.2) is 0 Å². The van der Waals surface area contributed by atoms with Crippen LogP contribution in [0.3, 0.4) is 0 Å². The third kappa shape index (κ3) is 2.31. The van der Waals surface area contributed by atoms with Crippen molar-refractivity contribution in [2.24, 2.45) is 0 Å². The molecule has 0 aliphatic rings. The van der Waals surface area contributed by atoms with E-state index in [1.54, 1.807) is 0 Å². The summed E-state index contributed by atoms with van der Waals surface area (Å²) in [5, 5.41) is 0. The molecule has 0 amide bonds. The van der Waals surface area contributed by atoms with E-state index < -0.39 is 0 Å². The minimum absolute atomic E-state index is 0.563. The zero-order valence-electron chi connectivity index (χ0n) is 6.93. The van der Waals surface area contributed by atoms with Crippen LogP contribution >= 0.6 is 27.3 Å². The van der Waals surface area contributed by atoms with E-state index in [0.717, 1.165) is 6.42 Å². The van der Waals surface area contributed by atoms with Gasteiger partial charge in [-0.15, -0.1) is 11.3 Å². The van der Waals surface area contributed by atoms with E-state index in [0.29, 0.717) is 4.83 Å². The second-order valence-electron chi connectivity index (χ2n) is 2.53. The lowest BCUT2D eigenvalue weighted by Crippen LogP contribution is -1.79. The largest absolute Gasteiger partial charge is 0.144 e. The van der Waals surface area contributed by atoms with Crippen LogP contribution in [0.5, 0.6) is 0 Å². The van der Waals surface area contributed by atoms with Crippen molar-refractivity contribution in [1.29, 1.82) is 0 Å². The molecule has 0 radical (unpaired) electrons. The van der Waals surface area contributed by atoms with Crippen molar-refractivity contribution >= 4 is 27.3 Å². The molecule has 0 fully saturated rings. The first-order valence-corrected chi connectivity index (χ1v) is 5.73. The molecule has 1 heterocycles. The van der Waals surface area contributed by atoms with E-state index in [2.05, 4.69) is 41.9 Å². The van der Waals surface area contributed by atoms with Crippen LogP contribution in [0.1, 0.15) is 34.8 Å². The van der Waals surface area contributed by atoms with Gasteiger partial charge in [-0.05, 0) is 25.0 Å². The molecule has 1 aromatic heterocycles. The van der Waals surface area contributed by atoms with Gasteiger partial charge in [0.25, 0.3) is 0 Å². The van der Waals surface area contributed by atoms with Crippen molar-refractivity contribution in [3.63, 3.8) is 0 Å². The highest BCUT2D eigenvalue weighted by molar-refractivity contribution is 9.09. The summed E-state index contributed by atoms with van der Waals surface area (Å²) >= 11 is 5.56. The first-order chi connectivity index (χ1) is 5.27. The molecule has 1 unspecified atom stereocenters. The van der Waals surface area contributed by atoms with Crippen molar-refractivity contribution in [3.8, 4) is 0 Å². The molecule has 0 N–H and O–H groups in total. The molecule has 0 nitrogen and oxygen atoms in total. The first kappa shape index (κ1) is 9.27. The summed E-state index contributed by atoms with van der Waals surface area (Å²) in [4.78, 5) is 3.51. The average molecular weight is 233 g/mol. The Labute approximate surface area is 80.8 Å². The van der Waals surface area contributed by atoms with Crippen molar-refractivity contribution < 1.29 is 0 Å². The topological polar surface area (TPSA) is 0 Å². The molecule has 1 aromatic rings. The number of hydrogen-bond acceptors (Lipinski definition) is 1. The van der Waals surface area contributed by atoms with Crippen LogP contribution in [-0.2, 0) is 6.42 Å². The smallest absolute Gasteiger partial charge is 0.0486 e. The third-order valence-corrected chi connectivity index (χ3v) is 4.49. The van der Waals surface area contributed by atoms with E-state index in [4.69, 9.17) is 0 Å². The molecule has 0 aromatic carbocycles. The molecule has 1 rings (SSSR count). The minimum Gasteiger partial charge on any atom is -0.144 e. The van der Waals surface area contributed by atoms with Crippen LogP contribution in [0, 0.1) is 0 Å². The van der Waals surface area contributed by atoms with Gasteiger partial charge < -0.3 is 0 Å². The second kappa shape index (κ2) is 4.27. The molecular weight excluding hydrogens is 220 g/mol. The maximum absolute atomic E-state index is 3.64. The summed E-state index contributed by atoms with van der Waals surface area (Å²) in [6.07, 6.45) is 2.33. The van der Waals surface area contributed by atoms with Gasteiger partial charge in [0.15, 0.2) is 0 Å². The molecule has 0 aliphatic carbocycles. The third-order valence-electron chi connectivity index (χ3n) is 1.70. The summed E-state index contributed by atoms with van der Waals surface area (Å²) in [5.41, 5.74) is 0. The van der Waals surface area contributed by atoms with Crippen LogP contribution in [0.15, 0.2) is 12.1 Å². The van der Waals surface area contributed by atoms with Gasteiger partial charge in [-0.3, -0.25) is 0 Å². The maximum atomic E-state index is 3.64. The second-order valence-corrected chi connectivity index (χ2v) is 4.84. The molecule has 0 saturated carbocycles. The Hall–Kier alpha value is 0.180. The molecule has 62 valence electrons. The van der Waals surface area contributed by atoms with Crippen molar-refractivity contribution in [1.82, 2.24) is 0 Å². The van der Waals surface area contributed by atoms with Crippen molar-refractivity contribution in [2.75, 3.05) is 0 Å². The van der Waals surface area contributed by atoms with Gasteiger partial charge in [0.1, 0.15) is 0 Å². The minimum atomic E-state index is 0.563. The number of alkyl halides is 1. The van der Waals surface area contributed by atoms with Crippen LogP contribution in [0.2, 0.25) is 0 Å². The molecule has 0 spiro atoms. The Bertz CT molecular complexity index is 217. The Morgan fingerprint density at radius 1 is 1.45 bits per heavy atom. The van der Waals surface area contributed by atoms with Gasteiger partial charge in [-0.2, -0.15) is 0 Å². The Morgan fingerprint density at radius 3 is 2.64 bits per heavy atom. The van der Waals surface area contributed by atoms with E-state index in [1.807, 2.05) is 11.3 Å². The summed E-state index contributed by atoms with van der Waals surface area (Å²) in [7, 11) is 0. The lowest BCUT2D eigenvalue weighted by Gasteiger charge is -2.00. The lowest BCUT2D eigenvalue weighted by molar-refractivity contribution is 0.929. The molecule has 11 heavy (non-hydrogen) atoms. The van der Waals surface area contributed by atoms with E-state index in [-0.39, 0.29) is 0 Å². The molecule has 0 bridgehead atoms. The highest BCUT2D eigenvalue weighted by atomic mass is 79.9. The van der Waals surface area contributed by atoms with Crippen LogP contribution < -0.4 is 0 Å². The fourth-order valence-corrected chi connectivity index (χ4v) is 2.40. The first-order valence-electron chi connectivity index (χ1n) is 4.00. The molecular formula is C9H13BrS. The summed E-state index contributed by atoms with van der Waals surface area (Å²) < 4.78 is 0. The Kier molecular flexibility index (Phi) is 3.60. The van der Waals surface area contributed by atoms with Crippen LogP contribution in [0.4, 0.5) is 0 Å². The number of aryl methyl sites for hydroxylation is 1. The zero-order chi connectivity index (χ0) is 8.27. The maximum Gasteiger partial charge on any atom is 0.0486 e. The summed E-state index contributed by atoms with van der Waals surface area (Å²) in [5.74, 6) is 0. The van der Waals surface area contributed by atoms with Gasteiger partial charge in [0.05, 0.1) is 0 Å². The number of rotatable bonds is 3.